The third-order valence-corrected chi connectivity index (χ3v) is 8.17. The third-order valence-electron chi connectivity index (χ3n) is 3.60. The second-order valence-electron chi connectivity index (χ2n) is 4.77. The summed E-state index contributed by atoms with van der Waals surface area (Å²) in [6, 6.07) is 7.97. The molecule has 0 bridgehead atoms. The average molecular weight is 371 g/mol. The first kappa shape index (κ1) is 20.9. The van der Waals surface area contributed by atoms with Gasteiger partial charge in [-0.3, -0.25) is 0 Å². The Morgan fingerprint density at radius 2 is 0.792 bits per heavy atom. The lowest BCUT2D eigenvalue weighted by Crippen LogP contribution is -2.40. The van der Waals surface area contributed by atoms with Crippen molar-refractivity contribution in [2.75, 3.05) is 42.7 Å². The van der Waals surface area contributed by atoms with Crippen molar-refractivity contribution in [2.24, 2.45) is 0 Å². The summed E-state index contributed by atoms with van der Waals surface area (Å²) in [7, 11) is 4.06. The molecule has 6 nitrogen and oxygen atoms in total. The molecule has 0 atom stereocenters. The molecule has 0 N–H and O–H groups in total. The Bertz CT molecular complexity index is 470. The fourth-order valence-electron chi connectivity index (χ4n) is 2.02. The van der Waals surface area contributed by atoms with E-state index in [0.29, 0.717) is 0 Å². The SMILES string of the molecule is CO[Si](C=Cc1ccc(C=C[Si](OC)(OC)OC)cc1)(OC)OC. The monoisotopic (exact) mass is 370 g/mol. The van der Waals surface area contributed by atoms with Gasteiger partial charge in [0.05, 0.1) is 0 Å². The summed E-state index contributed by atoms with van der Waals surface area (Å²) in [5.41, 5.74) is 5.72. The first-order valence-electron chi connectivity index (χ1n) is 7.32. The highest BCUT2D eigenvalue weighted by atomic mass is 28.4. The molecule has 0 radical (unpaired) electrons. The van der Waals surface area contributed by atoms with E-state index in [9.17, 15) is 0 Å². The van der Waals surface area contributed by atoms with E-state index >= 15 is 0 Å². The van der Waals surface area contributed by atoms with Crippen LogP contribution in [0.5, 0.6) is 0 Å². The third kappa shape index (κ3) is 5.47. The minimum absolute atomic E-state index is 1.02. The predicted octanol–water partition coefficient (Wildman–Crippen LogP) is 2.55. The number of benzene rings is 1. The van der Waals surface area contributed by atoms with Crippen LogP contribution in [0.3, 0.4) is 0 Å². The Kier molecular flexibility index (Phi) is 8.74. The van der Waals surface area contributed by atoms with Crippen molar-refractivity contribution in [3.63, 3.8) is 0 Å². The first-order valence-corrected chi connectivity index (χ1v) is 10.9. The Morgan fingerprint density at radius 3 is 1.00 bits per heavy atom. The van der Waals surface area contributed by atoms with E-state index in [1.807, 2.05) is 47.8 Å². The van der Waals surface area contributed by atoms with E-state index < -0.39 is 17.6 Å². The molecule has 0 amide bonds. The molecule has 0 aliphatic carbocycles. The summed E-state index contributed by atoms with van der Waals surface area (Å²) >= 11 is 0. The Hall–Kier alpha value is -1.11. The van der Waals surface area contributed by atoms with Crippen LogP contribution in [0, 0.1) is 0 Å². The lowest BCUT2D eigenvalue weighted by molar-refractivity contribution is 0.138. The van der Waals surface area contributed by atoms with Crippen LogP contribution in [0.2, 0.25) is 0 Å². The summed E-state index contributed by atoms with van der Waals surface area (Å²) in [4.78, 5) is 0. The molecule has 0 fully saturated rings. The van der Waals surface area contributed by atoms with Crippen molar-refractivity contribution in [2.45, 2.75) is 0 Å². The van der Waals surface area contributed by atoms with Crippen molar-refractivity contribution >= 4 is 29.8 Å². The smallest absolute Gasteiger partial charge is 0.374 e. The molecular weight excluding hydrogens is 344 g/mol. The van der Waals surface area contributed by atoms with Crippen LogP contribution in [0.1, 0.15) is 11.1 Å². The predicted molar refractivity (Wildman–Crippen MR) is 98.1 cm³/mol. The highest BCUT2D eigenvalue weighted by Gasteiger charge is 2.35. The minimum Gasteiger partial charge on any atom is -0.374 e. The van der Waals surface area contributed by atoms with Crippen LogP contribution in [0.4, 0.5) is 0 Å². The van der Waals surface area contributed by atoms with E-state index in [1.54, 1.807) is 42.7 Å². The zero-order valence-electron chi connectivity index (χ0n) is 15.1. The maximum absolute atomic E-state index is 5.35. The fraction of sp³-hybridized carbons (Fsp3) is 0.375. The topological polar surface area (TPSA) is 55.4 Å². The molecule has 1 aromatic rings. The summed E-state index contributed by atoms with van der Waals surface area (Å²) in [6.07, 6.45) is 3.85. The van der Waals surface area contributed by atoms with Crippen LogP contribution in [0.15, 0.2) is 35.7 Å². The van der Waals surface area contributed by atoms with Crippen LogP contribution in [-0.4, -0.2) is 60.3 Å². The molecular formula is C16H26O6Si2. The normalized spacial score (nSPS) is 13.2. The van der Waals surface area contributed by atoms with Gasteiger partial charge in [0.25, 0.3) is 0 Å². The van der Waals surface area contributed by atoms with Crippen molar-refractivity contribution in [1.29, 1.82) is 0 Å². The van der Waals surface area contributed by atoms with Gasteiger partial charge in [0, 0.05) is 42.7 Å². The second-order valence-corrected chi connectivity index (χ2v) is 10.3. The highest BCUT2D eigenvalue weighted by Crippen LogP contribution is 2.15. The quantitative estimate of drug-likeness (QED) is 0.590. The number of rotatable bonds is 10. The van der Waals surface area contributed by atoms with E-state index in [4.69, 9.17) is 26.6 Å². The molecule has 24 heavy (non-hydrogen) atoms. The van der Waals surface area contributed by atoms with E-state index in [1.165, 1.54) is 0 Å². The van der Waals surface area contributed by atoms with Crippen molar-refractivity contribution < 1.29 is 26.6 Å². The summed E-state index contributed by atoms with van der Waals surface area (Å²) in [6.45, 7) is 0. The van der Waals surface area contributed by atoms with Crippen LogP contribution < -0.4 is 0 Å². The lowest BCUT2D eigenvalue weighted by atomic mass is 10.1. The van der Waals surface area contributed by atoms with Gasteiger partial charge in [-0.05, 0) is 22.5 Å². The van der Waals surface area contributed by atoms with E-state index in [-0.39, 0.29) is 0 Å². The average Bonchev–Trinajstić information content (AvgIpc) is 2.66. The summed E-state index contributed by atoms with van der Waals surface area (Å²) in [5.74, 6) is 0. The van der Waals surface area contributed by atoms with E-state index in [2.05, 4.69) is 0 Å². The number of hydrogen-bond donors (Lipinski definition) is 0. The Labute approximate surface area is 146 Å². The van der Waals surface area contributed by atoms with Gasteiger partial charge in [0.15, 0.2) is 0 Å². The van der Waals surface area contributed by atoms with Gasteiger partial charge in [-0.25, -0.2) is 0 Å². The van der Waals surface area contributed by atoms with Gasteiger partial charge in [0.2, 0.25) is 0 Å². The van der Waals surface area contributed by atoms with Gasteiger partial charge < -0.3 is 26.6 Å². The maximum atomic E-state index is 5.35. The van der Waals surface area contributed by atoms with Gasteiger partial charge >= 0.3 is 17.6 Å². The van der Waals surface area contributed by atoms with Crippen molar-refractivity contribution in [1.82, 2.24) is 0 Å². The molecule has 0 heterocycles. The minimum atomic E-state index is -2.71. The van der Waals surface area contributed by atoms with Crippen LogP contribution in [0.25, 0.3) is 12.2 Å². The second kappa shape index (κ2) is 10.0. The molecule has 1 aromatic carbocycles. The molecule has 134 valence electrons. The zero-order chi connectivity index (χ0) is 18.1. The first-order chi connectivity index (χ1) is 11.5. The standard InChI is InChI=1S/C16H26O6Si2/c1-17-23(18-2,19-3)13-11-15-7-9-16(10-8-15)12-14-24(20-4,21-5)22-6/h7-14H,1-6H3. The largest absolute Gasteiger partial charge is 0.528 e. The number of hydrogen-bond acceptors (Lipinski definition) is 6. The van der Waals surface area contributed by atoms with Crippen molar-refractivity contribution in [3.05, 3.63) is 46.8 Å². The van der Waals surface area contributed by atoms with Gasteiger partial charge in [0.1, 0.15) is 0 Å². The molecule has 0 aliphatic rings. The van der Waals surface area contributed by atoms with Crippen LogP contribution in [-0.2, 0) is 26.6 Å². The van der Waals surface area contributed by atoms with Gasteiger partial charge in [-0.2, -0.15) is 0 Å². The molecule has 0 spiro atoms. The molecule has 1 rings (SSSR count). The zero-order valence-corrected chi connectivity index (χ0v) is 17.1. The maximum Gasteiger partial charge on any atom is 0.528 e. The molecule has 0 saturated carbocycles. The molecule has 0 unspecified atom stereocenters. The Balaban J connectivity index is 2.86. The fourth-order valence-corrected chi connectivity index (χ4v) is 4.63. The molecule has 0 saturated heterocycles. The Morgan fingerprint density at radius 1 is 0.542 bits per heavy atom. The molecule has 0 aromatic heterocycles. The highest BCUT2D eigenvalue weighted by molar-refractivity contribution is 6.67. The summed E-state index contributed by atoms with van der Waals surface area (Å²) < 4.78 is 32.1. The lowest BCUT2D eigenvalue weighted by Gasteiger charge is -2.20. The molecule has 0 aliphatic heterocycles. The van der Waals surface area contributed by atoms with Crippen LogP contribution >= 0.6 is 0 Å². The van der Waals surface area contributed by atoms with Gasteiger partial charge in [-0.1, -0.05) is 36.4 Å². The van der Waals surface area contributed by atoms with E-state index in [0.717, 1.165) is 11.1 Å². The van der Waals surface area contributed by atoms with Gasteiger partial charge in [-0.15, -0.1) is 0 Å². The molecule has 8 heteroatoms. The summed E-state index contributed by atoms with van der Waals surface area (Å²) in [5, 5.41) is 0. The van der Waals surface area contributed by atoms with Crippen molar-refractivity contribution in [3.8, 4) is 0 Å².